The molecule has 6 nitrogen and oxygen atoms in total. The van der Waals surface area contributed by atoms with Gasteiger partial charge < -0.3 is 5.32 Å². The van der Waals surface area contributed by atoms with E-state index in [-0.39, 0.29) is 11.9 Å². The van der Waals surface area contributed by atoms with Crippen LogP contribution in [-0.2, 0) is 6.42 Å². The van der Waals surface area contributed by atoms with Crippen molar-refractivity contribution in [2.24, 2.45) is 0 Å². The second-order valence-corrected chi connectivity index (χ2v) is 4.20. The van der Waals surface area contributed by atoms with E-state index in [4.69, 9.17) is 0 Å². The smallest absolute Gasteiger partial charge is 0.273 e. The molecule has 0 aliphatic carbocycles. The zero-order valence-electron chi connectivity index (χ0n) is 10.3. The van der Waals surface area contributed by atoms with Crippen LogP contribution in [0.4, 0.5) is 0 Å². The summed E-state index contributed by atoms with van der Waals surface area (Å²) in [5, 5.41) is 12.6. The third kappa shape index (κ3) is 2.91. The van der Waals surface area contributed by atoms with Crippen molar-refractivity contribution in [1.82, 2.24) is 25.7 Å². The molecule has 0 aliphatic rings. The van der Waals surface area contributed by atoms with Gasteiger partial charge in [-0.1, -0.05) is 6.07 Å². The van der Waals surface area contributed by atoms with E-state index in [1.165, 1.54) is 6.20 Å². The molecule has 0 bridgehead atoms. The van der Waals surface area contributed by atoms with Crippen LogP contribution >= 0.6 is 0 Å². The SMILES string of the molecule is Cc1cccnc1C[C@@H](C)NC(=O)c1cn[nH]n1. The molecule has 0 aromatic carbocycles. The molecule has 2 aromatic heterocycles. The summed E-state index contributed by atoms with van der Waals surface area (Å²) in [6.07, 6.45) is 3.85. The number of carbonyl (C=O) groups is 1. The molecule has 2 rings (SSSR count). The maximum absolute atomic E-state index is 11.7. The summed E-state index contributed by atoms with van der Waals surface area (Å²) in [6.45, 7) is 3.95. The van der Waals surface area contributed by atoms with Gasteiger partial charge in [0.1, 0.15) is 0 Å². The third-order valence-electron chi connectivity index (χ3n) is 2.64. The number of H-pyrrole nitrogens is 1. The number of nitrogens with one attached hydrogen (secondary N) is 2. The van der Waals surface area contributed by atoms with E-state index in [1.807, 2.05) is 26.0 Å². The van der Waals surface area contributed by atoms with Gasteiger partial charge in [-0.2, -0.15) is 15.4 Å². The lowest BCUT2D eigenvalue weighted by atomic mass is 10.1. The Morgan fingerprint density at radius 3 is 3.06 bits per heavy atom. The summed E-state index contributed by atoms with van der Waals surface area (Å²) in [7, 11) is 0. The average Bonchev–Trinajstić information content (AvgIpc) is 2.85. The van der Waals surface area contributed by atoms with Gasteiger partial charge in [-0.05, 0) is 25.5 Å². The Morgan fingerprint density at radius 2 is 2.39 bits per heavy atom. The Bertz CT molecular complexity index is 523. The van der Waals surface area contributed by atoms with Gasteiger partial charge in [0.15, 0.2) is 5.69 Å². The first-order valence-electron chi connectivity index (χ1n) is 5.74. The number of aryl methyl sites for hydroxylation is 1. The molecule has 6 heteroatoms. The van der Waals surface area contributed by atoms with Crippen LogP contribution in [-0.4, -0.2) is 32.3 Å². The molecule has 2 heterocycles. The molecule has 0 saturated heterocycles. The van der Waals surface area contributed by atoms with Crippen LogP contribution in [0.5, 0.6) is 0 Å². The molecule has 94 valence electrons. The lowest BCUT2D eigenvalue weighted by Gasteiger charge is -2.13. The van der Waals surface area contributed by atoms with Gasteiger partial charge in [0, 0.05) is 24.4 Å². The van der Waals surface area contributed by atoms with Gasteiger partial charge in [0.25, 0.3) is 5.91 Å². The predicted octanol–water partition coefficient (Wildman–Crippen LogP) is 0.869. The van der Waals surface area contributed by atoms with Gasteiger partial charge in [0.05, 0.1) is 6.20 Å². The van der Waals surface area contributed by atoms with Crippen LogP contribution < -0.4 is 5.32 Å². The Morgan fingerprint density at radius 1 is 1.56 bits per heavy atom. The normalized spacial score (nSPS) is 12.1. The molecule has 18 heavy (non-hydrogen) atoms. The highest BCUT2D eigenvalue weighted by Crippen LogP contribution is 2.06. The molecule has 1 atom stereocenters. The number of hydrogen-bond acceptors (Lipinski definition) is 4. The average molecular weight is 245 g/mol. The van der Waals surface area contributed by atoms with Crippen molar-refractivity contribution in [2.45, 2.75) is 26.3 Å². The fraction of sp³-hybridized carbons (Fsp3) is 0.333. The summed E-state index contributed by atoms with van der Waals surface area (Å²) in [5.74, 6) is -0.232. The number of carbonyl (C=O) groups excluding carboxylic acids is 1. The van der Waals surface area contributed by atoms with Crippen molar-refractivity contribution in [3.63, 3.8) is 0 Å². The molecule has 0 aliphatic heterocycles. The van der Waals surface area contributed by atoms with Crippen molar-refractivity contribution >= 4 is 5.91 Å². The van der Waals surface area contributed by atoms with Crippen LogP contribution in [0.3, 0.4) is 0 Å². The highest BCUT2D eigenvalue weighted by Gasteiger charge is 2.13. The van der Waals surface area contributed by atoms with Gasteiger partial charge in [-0.3, -0.25) is 9.78 Å². The largest absolute Gasteiger partial charge is 0.348 e. The van der Waals surface area contributed by atoms with Crippen LogP contribution in [0.15, 0.2) is 24.5 Å². The zero-order chi connectivity index (χ0) is 13.0. The lowest BCUT2D eigenvalue weighted by molar-refractivity contribution is 0.0935. The van der Waals surface area contributed by atoms with Crippen LogP contribution in [0.1, 0.15) is 28.7 Å². The molecule has 0 spiro atoms. The lowest BCUT2D eigenvalue weighted by Crippen LogP contribution is -2.34. The summed E-state index contributed by atoms with van der Waals surface area (Å²) < 4.78 is 0. The van der Waals surface area contributed by atoms with Crippen LogP contribution in [0.25, 0.3) is 0 Å². The minimum absolute atomic E-state index is 0.0113. The van der Waals surface area contributed by atoms with Gasteiger partial charge in [0.2, 0.25) is 0 Å². The van der Waals surface area contributed by atoms with Crippen molar-refractivity contribution in [3.8, 4) is 0 Å². The number of amides is 1. The van der Waals surface area contributed by atoms with E-state index in [2.05, 4.69) is 25.7 Å². The number of hydrogen-bond donors (Lipinski definition) is 2. The quantitative estimate of drug-likeness (QED) is 0.837. The summed E-state index contributed by atoms with van der Waals surface area (Å²) >= 11 is 0. The Balaban J connectivity index is 1.95. The molecule has 0 fully saturated rings. The third-order valence-corrected chi connectivity index (χ3v) is 2.64. The minimum atomic E-state index is -0.232. The van der Waals surface area contributed by atoms with Crippen molar-refractivity contribution in [3.05, 3.63) is 41.5 Å². The van der Waals surface area contributed by atoms with Gasteiger partial charge in [-0.15, -0.1) is 0 Å². The molecular weight excluding hydrogens is 230 g/mol. The second kappa shape index (κ2) is 5.39. The molecule has 2 N–H and O–H groups in total. The summed E-state index contributed by atoms with van der Waals surface area (Å²) in [6, 6.07) is 3.90. The minimum Gasteiger partial charge on any atom is -0.348 e. The number of aromatic amines is 1. The van der Waals surface area contributed by atoms with E-state index < -0.39 is 0 Å². The topological polar surface area (TPSA) is 83.6 Å². The Labute approximate surface area is 105 Å². The fourth-order valence-corrected chi connectivity index (χ4v) is 1.68. The standard InChI is InChI=1S/C12H15N5O/c1-8-4-3-5-13-10(8)6-9(2)15-12(18)11-7-14-17-16-11/h3-5,7,9H,6H2,1-2H3,(H,15,18)(H,14,16,17)/t9-/m1/s1. The number of pyridine rings is 1. The molecule has 2 aromatic rings. The van der Waals surface area contributed by atoms with Crippen molar-refractivity contribution in [2.75, 3.05) is 0 Å². The van der Waals surface area contributed by atoms with Crippen LogP contribution in [0, 0.1) is 6.92 Å². The summed E-state index contributed by atoms with van der Waals surface area (Å²) in [5.41, 5.74) is 2.41. The van der Waals surface area contributed by atoms with Crippen molar-refractivity contribution < 1.29 is 4.79 Å². The molecule has 0 radical (unpaired) electrons. The first-order valence-corrected chi connectivity index (χ1v) is 5.74. The van der Waals surface area contributed by atoms with E-state index >= 15 is 0 Å². The molecule has 1 amide bonds. The Kier molecular flexibility index (Phi) is 3.66. The predicted molar refractivity (Wildman–Crippen MR) is 66.0 cm³/mol. The second-order valence-electron chi connectivity index (χ2n) is 4.20. The Hall–Kier alpha value is -2.24. The first kappa shape index (κ1) is 12.2. The van der Waals surface area contributed by atoms with E-state index in [0.29, 0.717) is 12.1 Å². The maximum atomic E-state index is 11.7. The highest BCUT2D eigenvalue weighted by atomic mass is 16.2. The summed E-state index contributed by atoms with van der Waals surface area (Å²) in [4.78, 5) is 16.0. The van der Waals surface area contributed by atoms with Gasteiger partial charge >= 0.3 is 0 Å². The first-order chi connectivity index (χ1) is 8.66. The highest BCUT2D eigenvalue weighted by molar-refractivity contribution is 5.91. The molecule has 0 unspecified atom stereocenters. The number of aromatic nitrogens is 4. The fourth-order valence-electron chi connectivity index (χ4n) is 1.68. The monoisotopic (exact) mass is 245 g/mol. The van der Waals surface area contributed by atoms with E-state index in [0.717, 1.165) is 11.3 Å². The maximum Gasteiger partial charge on any atom is 0.273 e. The van der Waals surface area contributed by atoms with E-state index in [9.17, 15) is 4.79 Å². The van der Waals surface area contributed by atoms with Crippen LogP contribution in [0.2, 0.25) is 0 Å². The molecular formula is C12H15N5O. The van der Waals surface area contributed by atoms with Gasteiger partial charge in [-0.25, -0.2) is 0 Å². The number of rotatable bonds is 4. The number of nitrogens with zero attached hydrogens (tertiary/aromatic N) is 3. The van der Waals surface area contributed by atoms with Crippen molar-refractivity contribution in [1.29, 1.82) is 0 Å². The van der Waals surface area contributed by atoms with E-state index in [1.54, 1.807) is 6.20 Å². The zero-order valence-corrected chi connectivity index (χ0v) is 10.3. The molecule has 0 saturated carbocycles.